The molecule has 2 atom stereocenters. The number of aliphatic hydroxyl groups excluding tert-OH is 1. The van der Waals surface area contributed by atoms with E-state index in [-0.39, 0.29) is 18.4 Å². The monoisotopic (exact) mass is 383 g/mol. The van der Waals surface area contributed by atoms with Gasteiger partial charge in [-0.25, -0.2) is 9.59 Å². The lowest BCUT2D eigenvalue weighted by Gasteiger charge is -2.23. The number of amides is 1. The smallest absolute Gasteiger partial charge is 0.407 e. The van der Waals surface area contributed by atoms with E-state index in [1.807, 2.05) is 50.2 Å². The first-order chi connectivity index (χ1) is 13.4. The number of benzene rings is 2. The Hall–Kier alpha value is -2.86. The molecule has 0 saturated heterocycles. The zero-order valence-electron chi connectivity index (χ0n) is 16.0. The summed E-state index contributed by atoms with van der Waals surface area (Å²) in [6, 6.07) is 15.1. The van der Waals surface area contributed by atoms with Crippen molar-refractivity contribution >= 4 is 12.1 Å². The van der Waals surface area contributed by atoms with Crippen LogP contribution in [0, 0.1) is 5.92 Å². The number of fused-ring (bicyclic) bond motifs is 3. The van der Waals surface area contributed by atoms with Crippen LogP contribution in [0.2, 0.25) is 0 Å². The van der Waals surface area contributed by atoms with Crippen molar-refractivity contribution in [3.8, 4) is 11.1 Å². The molecule has 0 saturated carbocycles. The first-order valence-electron chi connectivity index (χ1n) is 9.41. The van der Waals surface area contributed by atoms with Crippen LogP contribution in [-0.2, 0) is 9.53 Å². The third-order valence-corrected chi connectivity index (χ3v) is 5.01. The maximum Gasteiger partial charge on any atom is 0.407 e. The standard InChI is InChI=1S/C22H25NO5/c1-13(2)11-19(20(24)21(25)26)23-22(27)28-12-18-16-9-5-3-7-14(16)15-8-4-6-10-17(15)18/h3-10,13,18-20,24H,11-12H2,1-2H3,(H,23,27)(H,25,26)/t19-,20+/m0/s1. The molecule has 148 valence electrons. The summed E-state index contributed by atoms with van der Waals surface area (Å²) in [5.41, 5.74) is 4.46. The van der Waals surface area contributed by atoms with E-state index >= 15 is 0 Å². The molecule has 0 fully saturated rings. The maximum atomic E-state index is 12.3. The van der Waals surface area contributed by atoms with Crippen molar-refractivity contribution in [1.29, 1.82) is 0 Å². The molecular weight excluding hydrogens is 358 g/mol. The zero-order valence-corrected chi connectivity index (χ0v) is 16.0. The van der Waals surface area contributed by atoms with Gasteiger partial charge in [-0.1, -0.05) is 62.4 Å². The highest BCUT2D eigenvalue weighted by Gasteiger charge is 2.31. The van der Waals surface area contributed by atoms with Crippen molar-refractivity contribution in [3.05, 3.63) is 59.7 Å². The third kappa shape index (κ3) is 4.17. The van der Waals surface area contributed by atoms with E-state index in [9.17, 15) is 14.7 Å². The van der Waals surface area contributed by atoms with Crippen molar-refractivity contribution in [2.45, 2.75) is 38.3 Å². The molecule has 0 spiro atoms. The van der Waals surface area contributed by atoms with Crippen molar-refractivity contribution in [2.75, 3.05) is 6.61 Å². The summed E-state index contributed by atoms with van der Waals surface area (Å²) in [5, 5.41) is 21.4. The number of carbonyl (C=O) groups is 2. The molecule has 28 heavy (non-hydrogen) atoms. The second-order valence-electron chi connectivity index (χ2n) is 7.49. The Morgan fingerprint density at radius 1 is 1.04 bits per heavy atom. The maximum absolute atomic E-state index is 12.3. The minimum atomic E-state index is -1.68. The fourth-order valence-electron chi connectivity index (χ4n) is 3.74. The molecule has 2 aromatic rings. The Kier molecular flexibility index (Phi) is 5.99. The van der Waals surface area contributed by atoms with E-state index in [0.29, 0.717) is 6.42 Å². The quantitative estimate of drug-likeness (QED) is 0.681. The Morgan fingerprint density at radius 2 is 1.57 bits per heavy atom. The highest BCUT2D eigenvalue weighted by atomic mass is 16.5. The van der Waals surface area contributed by atoms with Gasteiger partial charge in [0, 0.05) is 5.92 Å². The molecule has 0 heterocycles. The number of hydrogen-bond donors (Lipinski definition) is 3. The molecule has 6 nitrogen and oxygen atoms in total. The number of ether oxygens (including phenoxy) is 1. The van der Waals surface area contributed by atoms with Crippen LogP contribution in [0.5, 0.6) is 0 Å². The van der Waals surface area contributed by atoms with E-state index in [4.69, 9.17) is 9.84 Å². The normalized spacial score (nSPS) is 14.9. The van der Waals surface area contributed by atoms with Gasteiger partial charge in [-0.05, 0) is 34.6 Å². The van der Waals surface area contributed by atoms with Crippen LogP contribution >= 0.6 is 0 Å². The predicted octanol–water partition coefficient (Wildman–Crippen LogP) is 3.39. The second kappa shape index (κ2) is 8.44. The molecular formula is C22H25NO5. The summed E-state index contributed by atoms with van der Waals surface area (Å²) >= 11 is 0. The number of hydrogen-bond acceptors (Lipinski definition) is 4. The Balaban J connectivity index is 1.70. The summed E-state index contributed by atoms with van der Waals surface area (Å²) in [6.07, 6.45) is -2.08. The molecule has 0 aliphatic heterocycles. The number of carboxylic acids is 1. The second-order valence-corrected chi connectivity index (χ2v) is 7.49. The van der Waals surface area contributed by atoms with Gasteiger partial charge in [-0.2, -0.15) is 0 Å². The summed E-state index contributed by atoms with van der Waals surface area (Å²) in [5.74, 6) is -1.34. The van der Waals surface area contributed by atoms with Crippen molar-refractivity contribution in [3.63, 3.8) is 0 Å². The topological polar surface area (TPSA) is 95.9 Å². The van der Waals surface area contributed by atoms with Crippen LogP contribution in [0.15, 0.2) is 48.5 Å². The molecule has 0 bridgehead atoms. The molecule has 0 radical (unpaired) electrons. The van der Waals surface area contributed by atoms with Crippen LogP contribution in [-0.4, -0.2) is 41.0 Å². The number of aliphatic hydroxyl groups is 1. The largest absolute Gasteiger partial charge is 0.479 e. The SMILES string of the molecule is CC(C)C[C@H](NC(=O)OCC1c2ccccc2-c2ccccc21)[C@@H](O)C(=O)O. The summed E-state index contributed by atoms with van der Waals surface area (Å²) in [7, 11) is 0. The van der Waals surface area contributed by atoms with E-state index in [1.54, 1.807) is 0 Å². The minimum Gasteiger partial charge on any atom is -0.479 e. The number of rotatable bonds is 7. The average Bonchev–Trinajstić information content (AvgIpc) is 2.99. The van der Waals surface area contributed by atoms with Crippen molar-refractivity contribution in [2.24, 2.45) is 5.92 Å². The molecule has 1 amide bonds. The molecule has 6 heteroatoms. The van der Waals surface area contributed by atoms with E-state index in [2.05, 4.69) is 17.4 Å². The number of nitrogens with one attached hydrogen (secondary N) is 1. The number of aliphatic carboxylic acids is 1. The van der Waals surface area contributed by atoms with Gasteiger partial charge in [0.15, 0.2) is 6.10 Å². The molecule has 0 unspecified atom stereocenters. The van der Waals surface area contributed by atoms with Crippen LogP contribution in [0.3, 0.4) is 0 Å². The first-order valence-corrected chi connectivity index (χ1v) is 9.41. The Morgan fingerprint density at radius 3 is 2.07 bits per heavy atom. The lowest BCUT2D eigenvalue weighted by molar-refractivity contribution is -0.148. The molecule has 2 aromatic carbocycles. The molecule has 3 rings (SSSR count). The summed E-state index contributed by atoms with van der Waals surface area (Å²) < 4.78 is 5.43. The van der Waals surface area contributed by atoms with Gasteiger partial charge in [0.05, 0.1) is 6.04 Å². The van der Waals surface area contributed by atoms with Gasteiger partial charge in [0.25, 0.3) is 0 Å². The highest BCUT2D eigenvalue weighted by molar-refractivity contribution is 5.79. The number of carbonyl (C=O) groups excluding carboxylic acids is 1. The molecule has 3 N–H and O–H groups in total. The van der Waals surface area contributed by atoms with Crippen LogP contribution in [0.4, 0.5) is 4.79 Å². The first kappa shape index (κ1) is 19.9. The number of carboxylic acid groups (broad SMARTS) is 1. The fraction of sp³-hybridized carbons (Fsp3) is 0.364. The summed E-state index contributed by atoms with van der Waals surface area (Å²) in [4.78, 5) is 23.4. The Labute approximate surface area is 164 Å². The van der Waals surface area contributed by atoms with Crippen molar-refractivity contribution < 1.29 is 24.5 Å². The van der Waals surface area contributed by atoms with Crippen LogP contribution in [0.1, 0.15) is 37.3 Å². The van der Waals surface area contributed by atoms with E-state index in [1.165, 1.54) is 0 Å². The van der Waals surface area contributed by atoms with Gasteiger partial charge in [0.1, 0.15) is 6.61 Å². The lowest BCUT2D eigenvalue weighted by atomic mass is 9.98. The summed E-state index contributed by atoms with van der Waals surface area (Å²) in [6.45, 7) is 3.92. The van der Waals surface area contributed by atoms with Gasteiger partial charge < -0.3 is 20.3 Å². The van der Waals surface area contributed by atoms with Gasteiger partial charge >= 0.3 is 12.1 Å². The fourth-order valence-corrected chi connectivity index (χ4v) is 3.74. The average molecular weight is 383 g/mol. The van der Waals surface area contributed by atoms with Crippen LogP contribution < -0.4 is 5.32 Å². The van der Waals surface area contributed by atoms with Crippen LogP contribution in [0.25, 0.3) is 11.1 Å². The molecule has 1 aliphatic carbocycles. The zero-order chi connectivity index (χ0) is 20.3. The Bertz CT molecular complexity index is 818. The van der Waals surface area contributed by atoms with Crippen molar-refractivity contribution in [1.82, 2.24) is 5.32 Å². The highest BCUT2D eigenvalue weighted by Crippen LogP contribution is 2.44. The lowest BCUT2D eigenvalue weighted by Crippen LogP contribution is -2.48. The van der Waals surface area contributed by atoms with Gasteiger partial charge in [-0.3, -0.25) is 0 Å². The van der Waals surface area contributed by atoms with Gasteiger partial charge in [0.2, 0.25) is 0 Å². The molecule has 1 aliphatic rings. The third-order valence-electron chi connectivity index (χ3n) is 5.01. The van der Waals surface area contributed by atoms with E-state index < -0.39 is 24.2 Å². The predicted molar refractivity (Wildman–Crippen MR) is 105 cm³/mol. The molecule has 0 aromatic heterocycles. The van der Waals surface area contributed by atoms with Gasteiger partial charge in [-0.15, -0.1) is 0 Å². The number of alkyl carbamates (subject to hydrolysis) is 1. The van der Waals surface area contributed by atoms with E-state index in [0.717, 1.165) is 22.3 Å². The minimum absolute atomic E-state index is 0.0777.